The van der Waals surface area contributed by atoms with E-state index in [9.17, 15) is 0 Å². The van der Waals surface area contributed by atoms with Gasteiger partial charge in [0, 0.05) is 34.6 Å². The fraction of sp³-hybridized carbons (Fsp3) is 0. The molecule has 3 heterocycles. The predicted molar refractivity (Wildman–Crippen MR) is 275 cm³/mol. The van der Waals surface area contributed by atoms with E-state index in [1.807, 2.05) is 24.5 Å². The standard InChI is InChI=1S/C62H44N2Si/c1-7-19-47(20-8-1)57-41-35-53(43-63-57)45-31-37-55(38-32-45)65(56-39-33-46(34-40-56)54-36-42-58(64-44-54)48-21-9-2-10-22-48)61(51-27-15-5-16-28-51)59(49-23-11-3-12-24-49)60(50-25-13-4-14-26-50)62(65)52-29-17-6-18-30-52/h1-44H. The van der Waals surface area contributed by atoms with Gasteiger partial charge in [-0.3, -0.25) is 9.97 Å². The molecule has 2 nitrogen and oxygen atoms in total. The van der Waals surface area contributed by atoms with Crippen LogP contribution in [-0.4, -0.2) is 18.0 Å². The van der Waals surface area contributed by atoms with Gasteiger partial charge in [-0.05, 0) is 77.4 Å². The van der Waals surface area contributed by atoms with Crippen molar-refractivity contribution in [1.82, 2.24) is 9.97 Å². The summed E-state index contributed by atoms with van der Waals surface area (Å²) in [4.78, 5) is 9.84. The lowest BCUT2D eigenvalue weighted by Gasteiger charge is -2.36. The summed E-state index contributed by atoms with van der Waals surface area (Å²) in [6.07, 6.45) is 4.01. The minimum Gasteiger partial charge on any atom is -0.256 e. The third kappa shape index (κ3) is 7.38. The SMILES string of the molecule is c1ccc(C2=C(c3ccccc3)[Si](c3ccc(-c4ccc(-c5ccccc5)nc4)cc3)(c3ccc(-c4ccc(-c5ccccc5)nc4)cc3)C(c3ccccc3)=C2c2ccccc2)cc1. The van der Waals surface area contributed by atoms with Crippen molar-refractivity contribution in [1.29, 1.82) is 0 Å². The summed E-state index contributed by atoms with van der Waals surface area (Å²) in [7, 11) is -3.24. The molecule has 306 valence electrons. The first-order valence-corrected chi connectivity index (χ1v) is 24.2. The monoisotopic (exact) mass is 844 g/mol. The highest BCUT2D eigenvalue weighted by Crippen LogP contribution is 2.55. The second-order valence-electron chi connectivity index (χ2n) is 16.5. The second-order valence-corrected chi connectivity index (χ2v) is 20.1. The minimum atomic E-state index is -3.24. The molecular weight excluding hydrogens is 801 g/mol. The van der Waals surface area contributed by atoms with Gasteiger partial charge in [-0.25, -0.2) is 0 Å². The molecule has 0 saturated heterocycles. The lowest BCUT2D eigenvalue weighted by molar-refractivity contribution is 1.33. The number of benzene rings is 8. The highest BCUT2D eigenvalue weighted by molar-refractivity contribution is 7.29. The Morgan fingerprint density at radius 3 is 0.785 bits per heavy atom. The van der Waals surface area contributed by atoms with Gasteiger partial charge in [-0.2, -0.15) is 0 Å². The maximum absolute atomic E-state index is 4.92. The molecule has 1 aliphatic heterocycles. The summed E-state index contributed by atoms with van der Waals surface area (Å²) in [6.45, 7) is 0. The van der Waals surface area contributed by atoms with Crippen LogP contribution >= 0.6 is 0 Å². The summed E-state index contributed by atoms with van der Waals surface area (Å²) in [5, 5.41) is 5.39. The molecule has 0 saturated carbocycles. The van der Waals surface area contributed by atoms with E-state index < -0.39 is 8.07 Å². The molecular formula is C62H44N2Si. The molecule has 2 aromatic heterocycles. The third-order valence-corrected chi connectivity index (χ3v) is 17.7. The van der Waals surface area contributed by atoms with E-state index in [0.717, 1.165) is 44.8 Å². The van der Waals surface area contributed by atoms with Crippen molar-refractivity contribution in [2.45, 2.75) is 0 Å². The van der Waals surface area contributed by atoms with Crippen molar-refractivity contribution >= 4 is 40.0 Å². The van der Waals surface area contributed by atoms with Crippen LogP contribution in [0.25, 0.3) is 66.3 Å². The fourth-order valence-electron chi connectivity index (χ4n) is 9.73. The summed E-state index contributed by atoms with van der Waals surface area (Å²) in [5.74, 6) is 0. The molecule has 0 N–H and O–H groups in total. The van der Waals surface area contributed by atoms with Crippen molar-refractivity contribution in [3.63, 3.8) is 0 Å². The first kappa shape index (κ1) is 39.6. The van der Waals surface area contributed by atoms with Gasteiger partial charge in [0.15, 0.2) is 8.07 Å². The molecule has 0 spiro atoms. The number of pyridine rings is 2. The predicted octanol–water partition coefficient (Wildman–Crippen LogP) is 14.0. The normalized spacial score (nSPS) is 13.2. The Hall–Kier alpha value is -8.24. The van der Waals surface area contributed by atoms with Gasteiger partial charge in [0.05, 0.1) is 11.4 Å². The molecule has 1 aliphatic rings. The van der Waals surface area contributed by atoms with E-state index in [-0.39, 0.29) is 0 Å². The summed E-state index contributed by atoms with van der Waals surface area (Å²) >= 11 is 0. The second kappa shape index (κ2) is 17.5. The maximum atomic E-state index is 4.92. The molecule has 0 fully saturated rings. The number of allylic oxidation sites excluding steroid dienone is 2. The third-order valence-electron chi connectivity index (χ3n) is 12.7. The molecule has 0 bridgehead atoms. The van der Waals surface area contributed by atoms with Crippen LogP contribution in [-0.2, 0) is 0 Å². The van der Waals surface area contributed by atoms with Crippen molar-refractivity contribution < 1.29 is 0 Å². The van der Waals surface area contributed by atoms with Crippen LogP contribution in [0.3, 0.4) is 0 Å². The number of rotatable bonds is 10. The molecule has 10 aromatic rings. The molecule has 0 atom stereocenters. The summed E-state index contributed by atoms with van der Waals surface area (Å²) in [6, 6.07) is 92.7. The van der Waals surface area contributed by atoms with E-state index in [2.05, 4.69) is 243 Å². The first-order chi connectivity index (χ1) is 32.3. The van der Waals surface area contributed by atoms with Crippen molar-refractivity contribution in [2.75, 3.05) is 0 Å². The number of hydrogen-bond donors (Lipinski definition) is 0. The lowest BCUT2D eigenvalue weighted by atomic mass is 9.89. The average molecular weight is 845 g/mol. The van der Waals surface area contributed by atoms with E-state index in [4.69, 9.17) is 9.97 Å². The van der Waals surface area contributed by atoms with Gasteiger partial charge in [0.1, 0.15) is 0 Å². The van der Waals surface area contributed by atoms with Crippen LogP contribution in [0.15, 0.2) is 267 Å². The fourth-order valence-corrected chi connectivity index (χ4v) is 15.3. The van der Waals surface area contributed by atoms with Gasteiger partial charge in [0.2, 0.25) is 0 Å². The Balaban J connectivity index is 1.18. The van der Waals surface area contributed by atoms with E-state index in [1.165, 1.54) is 54.2 Å². The number of hydrogen-bond acceptors (Lipinski definition) is 2. The van der Waals surface area contributed by atoms with E-state index >= 15 is 0 Å². The molecule has 0 unspecified atom stereocenters. The highest BCUT2D eigenvalue weighted by atomic mass is 28.3. The lowest BCUT2D eigenvalue weighted by Crippen LogP contribution is -2.59. The molecule has 0 aliphatic carbocycles. The Kier molecular flexibility index (Phi) is 10.7. The Bertz CT molecular complexity index is 3030. The molecule has 0 radical (unpaired) electrons. The first-order valence-electron chi connectivity index (χ1n) is 22.2. The smallest absolute Gasteiger partial charge is 0.182 e. The largest absolute Gasteiger partial charge is 0.256 e. The number of aromatic nitrogens is 2. The van der Waals surface area contributed by atoms with Gasteiger partial charge < -0.3 is 0 Å². The molecule has 3 heteroatoms. The van der Waals surface area contributed by atoms with Gasteiger partial charge in [-0.1, -0.05) is 243 Å². The van der Waals surface area contributed by atoms with Crippen molar-refractivity contribution in [3.05, 3.63) is 289 Å². The Morgan fingerprint density at radius 1 is 0.215 bits per heavy atom. The van der Waals surface area contributed by atoms with Gasteiger partial charge in [0.25, 0.3) is 0 Å². The molecule has 8 aromatic carbocycles. The van der Waals surface area contributed by atoms with E-state index in [1.54, 1.807) is 0 Å². The van der Waals surface area contributed by atoms with Crippen LogP contribution in [0, 0.1) is 0 Å². The quantitative estimate of drug-likeness (QED) is 0.128. The highest BCUT2D eigenvalue weighted by Gasteiger charge is 2.53. The minimum absolute atomic E-state index is 0.965. The van der Waals surface area contributed by atoms with Crippen molar-refractivity contribution in [2.24, 2.45) is 0 Å². The van der Waals surface area contributed by atoms with Crippen molar-refractivity contribution in [3.8, 4) is 44.8 Å². The van der Waals surface area contributed by atoms with Crippen LogP contribution in [0.5, 0.6) is 0 Å². The summed E-state index contributed by atoms with van der Waals surface area (Å²) < 4.78 is 0. The van der Waals surface area contributed by atoms with Crippen LogP contribution in [0.1, 0.15) is 22.3 Å². The Morgan fingerprint density at radius 2 is 0.492 bits per heavy atom. The molecule has 0 amide bonds. The van der Waals surface area contributed by atoms with Crippen LogP contribution in [0.4, 0.5) is 0 Å². The zero-order valence-corrected chi connectivity index (χ0v) is 36.8. The van der Waals surface area contributed by atoms with Crippen LogP contribution in [0.2, 0.25) is 0 Å². The van der Waals surface area contributed by atoms with Gasteiger partial charge >= 0.3 is 0 Å². The summed E-state index contributed by atoms with van der Waals surface area (Å²) in [5.41, 5.74) is 16.0. The maximum Gasteiger partial charge on any atom is 0.182 e. The molecule has 65 heavy (non-hydrogen) atoms. The van der Waals surface area contributed by atoms with E-state index in [0.29, 0.717) is 0 Å². The molecule has 11 rings (SSSR count). The zero-order valence-electron chi connectivity index (χ0n) is 35.8. The topological polar surface area (TPSA) is 25.8 Å². The van der Waals surface area contributed by atoms with Gasteiger partial charge in [-0.15, -0.1) is 0 Å². The zero-order chi connectivity index (χ0) is 43.4. The Labute approximate surface area is 382 Å². The average Bonchev–Trinajstić information content (AvgIpc) is 3.73. The number of nitrogens with zero attached hydrogens (tertiary/aromatic N) is 2. The van der Waals surface area contributed by atoms with Crippen LogP contribution < -0.4 is 10.4 Å².